The molecule has 0 unspecified atom stereocenters. The maximum Gasteiger partial charge on any atom is 0.295 e. The van der Waals surface area contributed by atoms with Gasteiger partial charge < -0.3 is 5.11 Å². The van der Waals surface area contributed by atoms with Crippen LogP contribution in [0.25, 0.3) is 10.8 Å². The highest BCUT2D eigenvalue weighted by Crippen LogP contribution is 2.32. The number of aromatic hydroxyl groups is 1. The van der Waals surface area contributed by atoms with Crippen molar-refractivity contribution in [3.8, 4) is 5.75 Å². The molecule has 2 rings (SSSR count). The first-order valence-corrected chi connectivity index (χ1v) is 9.82. The molecule has 9 heteroatoms. The van der Waals surface area contributed by atoms with Gasteiger partial charge in [-0.15, -0.1) is 0 Å². The fraction of sp³-hybridized carbons (Fsp3) is 0.286. The fourth-order valence-electron chi connectivity index (χ4n) is 2.22. The average Bonchev–Trinajstić information content (AvgIpc) is 2.44. The summed E-state index contributed by atoms with van der Waals surface area (Å²) >= 11 is 0. The summed E-state index contributed by atoms with van der Waals surface area (Å²) in [7, 11) is -8.49. The minimum absolute atomic E-state index is 0.0173. The van der Waals surface area contributed by atoms with Gasteiger partial charge in [-0.3, -0.25) is 4.55 Å². The van der Waals surface area contributed by atoms with E-state index in [1.807, 2.05) is 6.92 Å². The van der Waals surface area contributed by atoms with Gasteiger partial charge in [-0.05, 0) is 18.6 Å². The zero-order valence-electron chi connectivity index (χ0n) is 12.4. The van der Waals surface area contributed by atoms with Crippen molar-refractivity contribution in [2.45, 2.75) is 29.6 Å². The van der Waals surface area contributed by atoms with E-state index in [0.717, 1.165) is 18.6 Å². The Morgan fingerprint density at radius 2 is 1.74 bits per heavy atom. The number of hydrogen-bond donors (Lipinski definition) is 3. The number of hydrogen-bond acceptors (Lipinski definition) is 5. The van der Waals surface area contributed by atoms with Crippen molar-refractivity contribution in [3.05, 3.63) is 30.3 Å². The maximum atomic E-state index is 12.4. The Balaban J connectivity index is 2.70. The van der Waals surface area contributed by atoms with E-state index in [9.17, 15) is 26.5 Å². The van der Waals surface area contributed by atoms with Crippen LogP contribution in [-0.4, -0.2) is 33.0 Å². The van der Waals surface area contributed by atoms with E-state index in [1.54, 1.807) is 0 Å². The summed E-state index contributed by atoms with van der Waals surface area (Å²) in [5.41, 5.74) is 0. The van der Waals surface area contributed by atoms with Gasteiger partial charge in [-0.1, -0.05) is 25.5 Å². The van der Waals surface area contributed by atoms with Crippen LogP contribution >= 0.6 is 0 Å². The lowest BCUT2D eigenvalue weighted by Crippen LogP contribution is -2.25. The van der Waals surface area contributed by atoms with Crippen LogP contribution < -0.4 is 4.72 Å². The highest BCUT2D eigenvalue weighted by molar-refractivity contribution is 7.89. The van der Waals surface area contributed by atoms with Crippen molar-refractivity contribution in [1.82, 2.24) is 4.72 Å². The first kappa shape index (κ1) is 17.7. The molecule has 0 spiro atoms. The number of rotatable bonds is 6. The third kappa shape index (κ3) is 3.81. The van der Waals surface area contributed by atoms with Crippen LogP contribution in [0.4, 0.5) is 0 Å². The smallest absolute Gasteiger partial charge is 0.295 e. The largest absolute Gasteiger partial charge is 0.508 e. The van der Waals surface area contributed by atoms with Crippen LogP contribution in [0, 0.1) is 0 Å². The summed E-state index contributed by atoms with van der Waals surface area (Å²) in [6.45, 7) is 2.17. The number of phenols is 1. The molecule has 0 aliphatic rings. The second-order valence-electron chi connectivity index (χ2n) is 5.02. The zero-order chi connectivity index (χ0) is 17.3. The molecule has 0 aromatic heterocycles. The minimum Gasteiger partial charge on any atom is -0.508 e. The predicted molar refractivity (Wildman–Crippen MR) is 85.5 cm³/mol. The average molecular weight is 359 g/mol. The van der Waals surface area contributed by atoms with Gasteiger partial charge in [0, 0.05) is 23.4 Å². The molecule has 0 aliphatic carbocycles. The third-order valence-electron chi connectivity index (χ3n) is 3.29. The van der Waals surface area contributed by atoms with Crippen LogP contribution in [0.2, 0.25) is 0 Å². The quantitative estimate of drug-likeness (QED) is 0.535. The van der Waals surface area contributed by atoms with E-state index in [-0.39, 0.29) is 22.2 Å². The third-order valence-corrected chi connectivity index (χ3v) is 5.71. The summed E-state index contributed by atoms with van der Waals surface area (Å²) in [6.07, 6.45) is 1.47. The highest BCUT2D eigenvalue weighted by atomic mass is 32.2. The summed E-state index contributed by atoms with van der Waals surface area (Å²) in [5, 5.41) is 9.72. The number of benzene rings is 2. The lowest BCUT2D eigenvalue weighted by Gasteiger charge is -2.11. The van der Waals surface area contributed by atoms with E-state index >= 15 is 0 Å². The van der Waals surface area contributed by atoms with Crippen molar-refractivity contribution < 1.29 is 26.5 Å². The molecular weight excluding hydrogens is 342 g/mol. The van der Waals surface area contributed by atoms with Gasteiger partial charge in [0.15, 0.2) is 0 Å². The van der Waals surface area contributed by atoms with Crippen molar-refractivity contribution in [2.24, 2.45) is 0 Å². The summed E-state index contributed by atoms with van der Waals surface area (Å²) < 4.78 is 59.4. The Morgan fingerprint density at radius 3 is 2.35 bits per heavy atom. The Labute approximate surface area is 134 Å². The molecule has 7 nitrogen and oxygen atoms in total. The molecular formula is C14H17NO6S2. The maximum absolute atomic E-state index is 12.4. The molecule has 0 atom stereocenters. The first-order chi connectivity index (χ1) is 10.7. The predicted octanol–water partition coefficient (Wildman–Crippen LogP) is 1.87. The van der Waals surface area contributed by atoms with Crippen LogP contribution in [0.5, 0.6) is 5.75 Å². The minimum atomic E-state index is -4.61. The molecule has 3 N–H and O–H groups in total. The SMILES string of the molecule is CCCCNS(=O)(=O)c1cccc2c(S(=O)(=O)O)cc(O)cc12. The standard InChI is InChI=1S/C14H17NO6S2/c1-2-3-7-15-22(17,18)13-6-4-5-11-12(13)8-10(16)9-14(11)23(19,20)21/h4-6,8-9,15-16H,2-3,7H2,1H3,(H,19,20,21). The van der Waals surface area contributed by atoms with Gasteiger partial charge in [0.25, 0.3) is 10.1 Å². The van der Waals surface area contributed by atoms with Gasteiger partial charge in [-0.2, -0.15) is 8.42 Å². The molecule has 0 fully saturated rings. The summed E-state index contributed by atoms with van der Waals surface area (Å²) in [4.78, 5) is -0.704. The Morgan fingerprint density at radius 1 is 1.04 bits per heavy atom. The monoisotopic (exact) mass is 359 g/mol. The van der Waals surface area contributed by atoms with Gasteiger partial charge in [-0.25, -0.2) is 13.1 Å². The topological polar surface area (TPSA) is 121 Å². The van der Waals surface area contributed by atoms with Gasteiger partial charge in [0.05, 0.1) is 4.90 Å². The van der Waals surface area contributed by atoms with Crippen LogP contribution in [0.15, 0.2) is 40.1 Å². The molecule has 0 bridgehead atoms. The van der Waals surface area contributed by atoms with Crippen LogP contribution in [0.1, 0.15) is 19.8 Å². The van der Waals surface area contributed by atoms with Gasteiger partial charge >= 0.3 is 0 Å². The second-order valence-corrected chi connectivity index (χ2v) is 8.15. The Hall–Kier alpha value is -1.68. The Bertz CT molecular complexity index is 935. The van der Waals surface area contributed by atoms with Crippen LogP contribution in [-0.2, 0) is 20.1 Å². The fourth-order valence-corrected chi connectivity index (χ4v) is 4.23. The van der Waals surface area contributed by atoms with E-state index < -0.39 is 30.8 Å². The molecule has 0 radical (unpaired) electrons. The lowest BCUT2D eigenvalue weighted by atomic mass is 10.1. The molecule has 2 aromatic rings. The van der Waals surface area contributed by atoms with E-state index in [2.05, 4.69) is 4.72 Å². The molecule has 0 aliphatic heterocycles. The van der Waals surface area contributed by atoms with E-state index in [0.29, 0.717) is 6.42 Å². The van der Waals surface area contributed by atoms with E-state index in [4.69, 9.17) is 0 Å². The van der Waals surface area contributed by atoms with E-state index in [1.165, 1.54) is 18.2 Å². The number of unbranched alkanes of at least 4 members (excludes halogenated alkanes) is 1. The number of phenolic OH excluding ortho intramolecular Hbond substituents is 1. The molecule has 0 saturated carbocycles. The second kappa shape index (κ2) is 6.44. The molecule has 0 saturated heterocycles. The molecule has 0 heterocycles. The van der Waals surface area contributed by atoms with Crippen molar-refractivity contribution in [3.63, 3.8) is 0 Å². The zero-order valence-corrected chi connectivity index (χ0v) is 14.0. The number of nitrogens with one attached hydrogen (secondary N) is 1. The lowest BCUT2D eigenvalue weighted by molar-refractivity contribution is 0.467. The van der Waals surface area contributed by atoms with Gasteiger partial charge in [0.2, 0.25) is 10.0 Å². The van der Waals surface area contributed by atoms with Crippen molar-refractivity contribution in [2.75, 3.05) is 6.54 Å². The van der Waals surface area contributed by atoms with Crippen molar-refractivity contribution in [1.29, 1.82) is 0 Å². The number of sulfonamides is 1. The van der Waals surface area contributed by atoms with Crippen LogP contribution in [0.3, 0.4) is 0 Å². The normalized spacial score (nSPS) is 12.6. The first-order valence-electron chi connectivity index (χ1n) is 6.89. The summed E-state index contributed by atoms with van der Waals surface area (Å²) in [5.74, 6) is -0.457. The molecule has 2 aromatic carbocycles. The molecule has 126 valence electrons. The Kier molecular flexibility index (Phi) is 4.95. The summed E-state index contributed by atoms with van der Waals surface area (Å²) in [6, 6.07) is 6.08. The van der Waals surface area contributed by atoms with Crippen molar-refractivity contribution >= 4 is 30.9 Å². The molecule has 23 heavy (non-hydrogen) atoms. The molecule has 0 amide bonds. The van der Waals surface area contributed by atoms with Gasteiger partial charge in [0.1, 0.15) is 10.6 Å². The number of fused-ring (bicyclic) bond motifs is 1. The highest BCUT2D eigenvalue weighted by Gasteiger charge is 2.22.